The van der Waals surface area contributed by atoms with Crippen LogP contribution in [-0.2, 0) is 10.9 Å². The van der Waals surface area contributed by atoms with Gasteiger partial charge in [0.25, 0.3) is 0 Å². The van der Waals surface area contributed by atoms with E-state index >= 15 is 0 Å². The molecule has 0 radical (unpaired) electrons. The van der Waals surface area contributed by atoms with Crippen molar-refractivity contribution >= 4 is 33.7 Å². The van der Waals surface area contributed by atoms with E-state index in [0.29, 0.717) is 11.3 Å². The molecular weight excluding hydrogens is 436 g/mol. The van der Waals surface area contributed by atoms with E-state index in [1.807, 2.05) is 66.7 Å². The molecule has 5 rings (SSSR count). The van der Waals surface area contributed by atoms with Gasteiger partial charge >= 0.3 is 5.97 Å². The van der Waals surface area contributed by atoms with Crippen molar-refractivity contribution in [2.24, 2.45) is 0 Å². The molecule has 0 amide bonds. The van der Waals surface area contributed by atoms with Gasteiger partial charge in [0.15, 0.2) is 14.7 Å². The van der Waals surface area contributed by atoms with Crippen LogP contribution in [0.5, 0.6) is 5.75 Å². The topological polar surface area (TPSA) is 26.3 Å². The highest BCUT2D eigenvalue weighted by Gasteiger charge is 2.28. The third-order valence-electron chi connectivity index (χ3n) is 5.63. The van der Waals surface area contributed by atoms with Crippen LogP contribution >= 0.6 is 0 Å². The Balaban J connectivity index is 1.44. The molecule has 0 aliphatic rings. The van der Waals surface area contributed by atoms with Gasteiger partial charge in [-0.15, -0.1) is 0 Å². The Morgan fingerprint density at radius 3 is 1.74 bits per heavy atom. The molecule has 5 aromatic rings. The highest BCUT2D eigenvalue weighted by atomic mass is 32.2. The van der Waals surface area contributed by atoms with Crippen molar-refractivity contribution in [3.63, 3.8) is 0 Å². The Bertz CT molecular complexity index is 1400. The van der Waals surface area contributed by atoms with Gasteiger partial charge in [0.2, 0.25) is 0 Å². The van der Waals surface area contributed by atoms with Crippen molar-refractivity contribution < 1.29 is 9.53 Å². The van der Waals surface area contributed by atoms with Crippen molar-refractivity contribution in [2.75, 3.05) is 0 Å². The molecule has 5 aromatic carbocycles. The summed E-state index contributed by atoms with van der Waals surface area (Å²) in [6.45, 7) is 3.87. The number of carbonyl (C=O) groups excluding carboxylic acids is 1. The highest BCUT2D eigenvalue weighted by Crippen LogP contribution is 2.32. The first-order chi connectivity index (χ1) is 16.7. The zero-order valence-electron chi connectivity index (χ0n) is 18.6. The van der Waals surface area contributed by atoms with Crippen molar-refractivity contribution in [3.8, 4) is 5.75 Å². The van der Waals surface area contributed by atoms with E-state index in [2.05, 4.69) is 55.1 Å². The van der Waals surface area contributed by atoms with Gasteiger partial charge in [-0.25, -0.2) is 4.79 Å². The molecule has 0 unspecified atom stereocenters. The molecule has 0 saturated carbocycles. The van der Waals surface area contributed by atoms with Gasteiger partial charge in [0.05, 0.1) is 16.5 Å². The Morgan fingerprint density at radius 2 is 1.15 bits per heavy atom. The lowest BCUT2D eigenvalue weighted by Crippen LogP contribution is -2.10. The molecule has 0 spiro atoms. The summed E-state index contributed by atoms with van der Waals surface area (Å²) in [7, 11) is -0.244. The molecule has 0 aromatic heterocycles. The fourth-order valence-electron chi connectivity index (χ4n) is 4.01. The number of benzene rings is 5. The van der Waals surface area contributed by atoms with Crippen LogP contribution in [-0.4, -0.2) is 5.97 Å². The summed E-state index contributed by atoms with van der Waals surface area (Å²) in [5.74, 6) is 0.153. The first-order valence-electron chi connectivity index (χ1n) is 11.1. The van der Waals surface area contributed by atoms with Gasteiger partial charge in [-0.3, -0.25) is 0 Å². The molecule has 3 heteroatoms. The van der Waals surface area contributed by atoms with Crippen molar-refractivity contribution in [1.82, 2.24) is 0 Å². The summed E-state index contributed by atoms with van der Waals surface area (Å²) in [6.07, 6.45) is 1.80. The standard InChI is InChI=1S/C31H23O2S/c1-2-23-17-22-30(29-16-10-9-15-28(23)29)31(32)33-24-18-20-27(21-19-24)34(25-11-5-3-6-12-25)26-13-7-4-8-14-26/h2-22H,1H2/q+1. The van der Waals surface area contributed by atoms with Crippen molar-refractivity contribution in [3.05, 3.63) is 139 Å². The Hall–Kier alpha value is -4.08. The summed E-state index contributed by atoms with van der Waals surface area (Å²) < 4.78 is 5.77. The van der Waals surface area contributed by atoms with Gasteiger partial charge in [0, 0.05) is 0 Å². The lowest BCUT2D eigenvalue weighted by atomic mass is 9.99. The number of carbonyl (C=O) groups is 1. The Kier molecular flexibility index (Phi) is 6.28. The third-order valence-corrected chi connectivity index (χ3v) is 7.86. The maximum absolute atomic E-state index is 13.0. The van der Waals surface area contributed by atoms with Crippen molar-refractivity contribution in [1.29, 1.82) is 0 Å². The molecule has 2 nitrogen and oxygen atoms in total. The fraction of sp³-hybridized carbons (Fsp3) is 0. The molecule has 0 aliphatic carbocycles. The molecule has 0 aliphatic heterocycles. The van der Waals surface area contributed by atoms with E-state index in [1.165, 1.54) is 9.79 Å². The summed E-state index contributed by atoms with van der Waals surface area (Å²) in [6, 6.07) is 40.3. The quantitative estimate of drug-likeness (QED) is 0.147. The molecule has 34 heavy (non-hydrogen) atoms. The number of hydrogen-bond donors (Lipinski definition) is 0. The predicted octanol–water partition coefficient (Wildman–Crippen LogP) is 7.80. The second kappa shape index (κ2) is 9.82. The first kappa shape index (κ1) is 21.7. The van der Waals surface area contributed by atoms with E-state index in [0.717, 1.165) is 21.2 Å². The van der Waals surface area contributed by atoms with E-state index in [4.69, 9.17) is 4.74 Å². The number of esters is 1. The van der Waals surface area contributed by atoms with E-state index < -0.39 is 0 Å². The van der Waals surface area contributed by atoms with Gasteiger partial charge in [-0.1, -0.05) is 79.4 Å². The number of fused-ring (bicyclic) bond motifs is 1. The average Bonchev–Trinajstić information content (AvgIpc) is 2.90. The normalized spacial score (nSPS) is 10.9. The third kappa shape index (κ3) is 4.39. The largest absolute Gasteiger partial charge is 0.423 e. The van der Waals surface area contributed by atoms with Crippen LogP contribution in [0.4, 0.5) is 0 Å². The van der Waals surface area contributed by atoms with Gasteiger partial charge < -0.3 is 4.74 Å². The lowest BCUT2D eigenvalue weighted by molar-refractivity contribution is 0.0737. The maximum atomic E-state index is 13.0. The average molecular weight is 460 g/mol. The Morgan fingerprint density at radius 1 is 0.618 bits per heavy atom. The first-order valence-corrected chi connectivity index (χ1v) is 12.3. The van der Waals surface area contributed by atoms with Crippen molar-refractivity contribution in [2.45, 2.75) is 14.7 Å². The molecule has 0 atom stereocenters. The molecular formula is C31H23O2S+. The molecule has 0 bridgehead atoms. The van der Waals surface area contributed by atoms with Crippen LogP contribution in [0.15, 0.2) is 143 Å². The minimum Gasteiger partial charge on any atom is -0.423 e. The lowest BCUT2D eigenvalue weighted by Gasteiger charge is -2.10. The second-order valence-corrected chi connectivity index (χ2v) is 9.77. The molecule has 0 saturated heterocycles. The van der Waals surface area contributed by atoms with Gasteiger partial charge in [-0.05, 0) is 70.9 Å². The second-order valence-electron chi connectivity index (χ2n) is 7.75. The van der Waals surface area contributed by atoms with Crippen LogP contribution < -0.4 is 4.74 Å². The SMILES string of the molecule is C=Cc1ccc(C(=O)Oc2ccc([S+](c3ccccc3)c3ccccc3)cc2)c2ccccc12. The monoisotopic (exact) mass is 459 g/mol. The van der Waals surface area contributed by atoms with Gasteiger partial charge in [0.1, 0.15) is 5.75 Å². The molecule has 0 heterocycles. The molecule has 0 N–H and O–H groups in total. The summed E-state index contributed by atoms with van der Waals surface area (Å²) in [4.78, 5) is 16.7. The summed E-state index contributed by atoms with van der Waals surface area (Å²) in [5.41, 5.74) is 1.53. The highest BCUT2D eigenvalue weighted by molar-refractivity contribution is 7.97. The van der Waals surface area contributed by atoms with Crippen LogP contribution in [0.3, 0.4) is 0 Å². The predicted molar refractivity (Wildman–Crippen MR) is 140 cm³/mol. The smallest absolute Gasteiger partial charge is 0.344 e. The molecule has 164 valence electrons. The summed E-state index contributed by atoms with van der Waals surface area (Å²) >= 11 is 0. The minimum atomic E-state index is -0.371. The van der Waals surface area contributed by atoms with E-state index in [1.54, 1.807) is 12.1 Å². The van der Waals surface area contributed by atoms with Crippen LogP contribution in [0.2, 0.25) is 0 Å². The van der Waals surface area contributed by atoms with E-state index in [-0.39, 0.29) is 16.9 Å². The minimum absolute atomic E-state index is 0.244. The molecule has 0 fully saturated rings. The van der Waals surface area contributed by atoms with Crippen LogP contribution in [0.25, 0.3) is 16.8 Å². The zero-order chi connectivity index (χ0) is 23.3. The number of rotatable bonds is 6. The summed E-state index contributed by atoms with van der Waals surface area (Å²) in [5, 5.41) is 1.84. The Labute approximate surface area is 202 Å². The maximum Gasteiger partial charge on any atom is 0.344 e. The van der Waals surface area contributed by atoms with E-state index in [9.17, 15) is 4.79 Å². The van der Waals surface area contributed by atoms with Crippen LogP contribution in [0.1, 0.15) is 15.9 Å². The number of ether oxygens (including phenoxy) is 1. The fourth-order valence-corrected chi connectivity index (χ4v) is 6.09. The zero-order valence-corrected chi connectivity index (χ0v) is 19.4. The van der Waals surface area contributed by atoms with Crippen LogP contribution in [0, 0.1) is 0 Å². The van der Waals surface area contributed by atoms with Gasteiger partial charge in [-0.2, -0.15) is 0 Å². The number of hydrogen-bond acceptors (Lipinski definition) is 2.